The Morgan fingerprint density at radius 3 is 2.64 bits per heavy atom. The number of pyridine rings is 1. The zero-order valence-electron chi connectivity index (χ0n) is 12.6. The fourth-order valence-corrected chi connectivity index (χ4v) is 4.50. The van der Waals surface area contributed by atoms with E-state index in [1.54, 1.807) is 18.3 Å². The molecule has 1 aliphatic rings. The van der Waals surface area contributed by atoms with Crippen LogP contribution >= 0.6 is 11.6 Å². The minimum atomic E-state index is -3.99. The molecule has 4 rings (SSSR count). The van der Waals surface area contributed by atoms with Crippen molar-refractivity contribution in [2.45, 2.75) is 10.8 Å². The molecule has 10 heteroatoms. The number of sulfonamides is 1. The molecule has 3 aromatic rings. The van der Waals surface area contributed by atoms with Crippen molar-refractivity contribution < 1.29 is 17.2 Å². The fourth-order valence-electron chi connectivity index (χ4n) is 2.63. The number of aromatic amines is 1. The lowest BCUT2D eigenvalue weighted by Crippen LogP contribution is -2.58. The molecule has 1 fully saturated rings. The minimum Gasteiger partial charge on any atom is -0.276 e. The average molecular weight is 385 g/mol. The quantitative estimate of drug-likeness (QED) is 0.753. The highest BCUT2D eigenvalue weighted by Gasteiger charge is 2.49. The molecule has 1 aliphatic heterocycles. The zero-order valence-corrected chi connectivity index (χ0v) is 14.2. The van der Waals surface area contributed by atoms with Crippen LogP contribution in [-0.2, 0) is 10.0 Å². The molecule has 0 saturated carbocycles. The number of halogens is 3. The van der Waals surface area contributed by atoms with Gasteiger partial charge in [-0.1, -0.05) is 11.6 Å². The van der Waals surface area contributed by atoms with Crippen molar-refractivity contribution in [3.63, 3.8) is 0 Å². The summed E-state index contributed by atoms with van der Waals surface area (Å²) in [5, 5.41) is 6.84. The maximum Gasteiger partial charge on any atom is 0.275 e. The molecular weight excluding hydrogens is 374 g/mol. The molecule has 0 bridgehead atoms. The van der Waals surface area contributed by atoms with Crippen LogP contribution in [0.5, 0.6) is 0 Å². The Hall–Kier alpha value is -2.10. The minimum absolute atomic E-state index is 0.124. The van der Waals surface area contributed by atoms with Crippen molar-refractivity contribution in [2.24, 2.45) is 0 Å². The number of nitrogens with zero attached hydrogens (tertiary/aromatic N) is 3. The first kappa shape index (κ1) is 16.4. The van der Waals surface area contributed by atoms with E-state index in [4.69, 9.17) is 11.6 Å². The van der Waals surface area contributed by atoms with Crippen LogP contribution in [0.25, 0.3) is 22.3 Å². The van der Waals surface area contributed by atoms with Gasteiger partial charge in [0.1, 0.15) is 5.52 Å². The van der Waals surface area contributed by atoms with Crippen molar-refractivity contribution in [3.05, 3.63) is 41.6 Å². The molecule has 0 aliphatic carbocycles. The summed E-state index contributed by atoms with van der Waals surface area (Å²) in [4.78, 5) is 4.28. The van der Waals surface area contributed by atoms with Crippen LogP contribution in [-0.4, -0.2) is 46.9 Å². The molecule has 0 unspecified atom stereocenters. The van der Waals surface area contributed by atoms with Gasteiger partial charge in [0, 0.05) is 5.56 Å². The molecule has 0 spiro atoms. The van der Waals surface area contributed by atoms with Crippen LogP contribution in [0, 0.1) is 0 Å². The number of fused-ring (bicyclic) bond motifs is 1. The SMILES string of the molecule is O=S(=O)(c1ccc(-c2ccc3[nH]ncc3n2)c(Cl)c1)N1CC(F)(F)C1. The average Bonchev–Trinajstić information content (AvgIpc) is 3.00. The molecule has 1 saturated heterocycles. The highest BCUT2D eigenvalue weighted by molar-refractivity contribution is 7.89. The summed E-state index contributed by atoms with van der Waals surface area (Å²) in [5.41, 5.74) is 2.50. The van der Waals surface area contributed by atoms with Gasteiger partial charge in [0.25, 0.3) is 5.92 Å². The van der Waals surface area contributed by atoms with Gasteiger partial charge in [0.05, 0.1) is 40.4 Å². The van der Waals surface area contributed by atoms with E-state index in [-0.39, 0.29) is 9.92 Å². The monoisotopic (exact) mass is 384 g/mol. The van der Waals surface area contributed by atoms with Gasteiger partial charge in [-0.15, -0.1) is 0 Å². The molecule has 130 valence electrons. The number of hydrogen-bond donors (Lipinski definition) is 1. The van der Waals surface area contributed by atoms with Crippen LogP contribution in [0.3, 0.4) is 0 Å². The van der Waals surface area contributed by atoms with Crippen LogP contribution in [0.15, 0.2) is 41.4 Å². The van der Waals surface area contributed by atoms with Gasteiger partial charge >= 0.3 is 0 Å². The Morgan fingerprint density at radius 2 is 1.96 bits per heavy atom. The topological polar surface area (TPSA) is 79.0 Å². The number of hydrogen-bond acceptors (Lipinski definition) is 4. The first-order chi connectivity index (χ1) is 11.8. The van der Waals surface area contributed by atoms with Crippen molar-refractivity contribution in [3.8, 4) is 11.3 Å². The van der Waals surface area contributed by atoms with E-state index < -0.39 is 29.0 Å². The molecular formula is C15H11ClF2N4O2S. The summed E-state index contributed by atoms with van der Waals surface area (Å²) in [5.74, 6) is -2.97. The van der Waals surface area contributed by atoms with Gasteiger partial charge < -0.3 is 0 Å². The second kappa shape index (κ2) is 5.45. The lowest BCUT2D eigenvalue weighted by Gasteiger charge is -2.37. The van der Waals surface area contributed by atoms with Crippen LogP contribution < -0.4 is 0 Å². The van der Waals surface area contributed by atoms with Gasteiger partial charge in [-0.05, 0) is 30.3 Å². The Kier molecular flexibility index (Phi) is 3.57. The van der Waals surface area contributed by atoms with E-state index in [0.29, 0.717) is 16.8 Å². The molecule has 0 amide bonds. The Balaban J connectivity index is 1.69. The Labute approximate surface area is 146 Å². The molecule has 25 heavy (non-hydrogen) atoms. The first-order valence-electron chi connectivity index (χ1n) is 7.24. The van der Waals surface area contributed by atoms with Crippen molar-refractivity contribution >= 4 is 32.7 Å². The van der Waals surface area contributed by atoms with E-state index in [1.807, 2.05) is 0 Å². The lowest BCUT2D eigenvalue weighted by molar-refractivity contribution is -0.0945. The van der Waals surface area contributed by atoms with Gasteiger partial charge in [-0.25, -0.2) is 22.2 Å². The smallest absolute Gasteiger partial charge is 0.275 e. The zero-order chi connectivity index (χ0) is 17.8. The largest absolute Gasteiger partial charge is 0.276 e. The van der Waals surface area contributed by atoms with Crippen LogP contribution in [0.4, 0.5) is 8.78 Å². The standard InChI is InChI=1S/C15H11ClF2N4O2S/c16-11-5-9(25(23,24)22-7-15(17,18)8-22)1-2-10(11)12-3-4-13-14(20-12)6-19-21-13/h1-6H,7-8H2,(H,19,21). The number of benzene rings is 1. The van der Waals surface area contributed by atoms with Crippen LogP contribution in [0.1, 0.15) is 0 Å². The second-order valence-electron chi connectivity index (χ2n) is 5.77. The normalized spacial score (nSPS) is 17.6. The summed E-state index contributed by atoms with van der Waals surface area (Å²) in [6.07, 6.45) is 1.57. The maximum atomic E-state index is 13.0. The van der Waals surface area contributed by atoms with Crippen molar-refractivity contribution in [1.82, 2.24) is 19.5 Å². The first-order valence-corrected chi connectivity index (χ1v) is 9.06. The van der Waals surface area contributed by atoms with E-state index in [0.717, 1.165) is 9.82 Å². The molecule has 6 nitrogen and oxygen atoms in total. The highest BCUT2D eigenvalue weighted by atomic mass is 35.5. The number of rotatable bonds is 3. The van der Waals surface area contributed by atoms with Crippen molar-refractivity contribution in [1.29, 1.82) is 0 Å². The van der Waals surface area contributed by atoms with Gasteiger partial charge in [0.15, 0.2) is 0 Å². The van der Waals surface area contributed by atoms with Crippen molar-refractivity contribution in [2.75, 3.05) is 13.1 Å². The third-order valence-corrected chi connectivity index (χ3v) is 6.07. The van der Waals surface area contributed by atoms with E-state index in [9.17, 15) is 17.2 Å². The number of nitrogens with one attached hydrogen (secondary N) is 1. The van der Waals surface area contributed by atoms with Gasteiger partial charge in [-0.3, -0.25) is 5.10 Å². The van der Waals surface area contributed by atoms with E-state index >= 15 is 0 Å². The predicted octanol–water partition coefficient (Wildman–Crippen LogP) is 2.92. The number of aromatic nitrogens is 3. The number of H-pyrrole nitrogens is 1. The molecule has 3 heterocycles. The highest BCUT2D eigenvalue weighted by Crippen LogP contribution is 2.35. The molecule has 1 aromatic carbocycles. The number of alkyl halides is 2. The molecule has 0 radical (unpaired) electrons. The predicted molar refractivity (Wildman–Crippen MR) is 88.0 cm³/mol. The summed E-state index contributed by atoms with van der Waals surface area (Å²) >= 11 is 6.22. The Morgan fingerprint density at radius 1 is 1.20 bits per heavy atom. The third-order valence-electron chi connectivity index (χ3n) is 3.97. The van der Waals surface area contributed by atoms with E-state index in [1.165, 1.54) is 18.2 Å². The maximum absolute atomic E-state index is 13.0. The summed E-state index contributed by atoms with van der Waals surface area (Å²) in [6, 6.07) is 7.62. The third kappa shape index (κ3) is 2.78. The van der Waals surface area contributed by atoms with E-state index in [2.05, 4.69) is 15.2 Å². The molecule has 1 N–H and O–H groups in total. The summed E-state index contributed by atoms with van der Waals surface area (Å²) in [6.45, 7) is -1.62. The van der Waals surface area contributed by atoms with Gasteiger partial charge in [0.2, 0.25) is 10.0 Å². The fraction of sp³-hybridized carbons (Fsp3) is 0.200. The second-order valence-corrected chi connectivity index (χ2v) is 8.12. The van der Waals surface area contributed by atoms with Gasteiger partial charge in [-0.2, -0.15) is 9.40 Å². The van der Waals surface area contributed by atoms with Crippen LogP contribution in [0.2, 0.25) is 5.02 Å². The lowest BCUT2D eigenvalue weighted by atomic mass is 10.1. The molecule has 0 atom stereocenters. The summed E-state index contributed by atoms with van der Waals surface area (Å²) in [7, 11) is -3.99. The summed E-state index contributed by atoms with van der Waals surface area (Å²) < 4.78 is 51.3. The Bertz CT molecular complexity index is 1080. The molecule has 2 aromatic heterocycles.